The molecule has 0 unspecified atom stereocenters. The van der Waals surface area contributed by atoms with Gasteiger partial charge in [0.05, 0.1) is 11.4 Å². The highest BCUT2D eigenvalue weighted by atomic mass is 16.1. The highest BCUT2D eigenvalue weighted by Gasteiger charge is 2.26. The third-order valence-corrected chi connectivity index (χ3v) is 6.31. The number of pyridine rings is 1. The average Bonchev–Trinajstić information content (AvgIpc) is 3.34. The molecule has 2 aromatic heterocycles. The number of hydrogen-bond donors (Lipinski definition) is 0. The minimum atomic E-state index is 0.0800. The molecule has 1 fully saturated rings. The molecule has 3 aromatic rings. The Bertz CT molecular complexity index is 1070. The van der Waals surface area contributed by atoms with E-state index < -0.39 is 0 Å². The van der Waals surface area contributed by atoms with E-state index >= 15 is 0 Å². The van der Waals surface area contributed by atoms with Crippen LogP contribution in [0.4, 0.5) is 0 Å². The van der Waals surface area contributed by atoms with Gasteiger partial charge in [0.15, 0.2) is 5.78 Å². The molecule has 5 heteroatoms. The molecular formula is C25H30N4O. The molecule has 4 rings (SSSR count). The van der Waals surface area contributed by atoms with Crippen LogP contribution in [0.15, 0.2) is 42.6 Å². The second-order valence-electron chi connectivity index (χ2n) is 8.30. The van der Waals surface area contributed by atoms with E-state index in [4.69, 9.17) is 0 Å². The third-order valence-electron chi connectivity index (χ3n) is 6.31. The first-order valence-corrected chi connectivity index (χ1v) is 10.8. The van der Waals surface area contributed by atoms with Gasteiger partial charge in [-0.15, -0.1) is 0 Å². The van der Waals surface area contributed by atoms with Gasteiger partial charge < -0.3 is 0 Å². The molecule has 1 atom stereocenters. The van der Waals surface area contributed by atoms with E-state index in [2.05, 4.69) is 52.6 Å². The molecule has 1 saturated heterocycles. The van der Waals surface area contributed by atoms with Gasteiger partial charge in [0.1, 0.15) is 0 Å². The molecule has 0 N–H and O–H groups in total. The van der Waals surface area contributed by atoms with Crippen LogP contribution in [0, 0.1) is 13.8 Å². The summed E-state index contributed by atoms with van der Waals surface area (Å²) in [4.78, 5) is 18.8. The molecular weight excluding hydrogens is 372 g/mol. The first-order valence-electron chi connectivity index (χ1n) is 10.8. The fraction of sp³-hybridized carbons (Fsp3) is 0.400. The predicted octanol–water partition coefficient (Wildman–Crippen LogP) is 4.77. The highest BCUT2D eigenvalue weighted by molar-refractivity contribution is 5.95. The Kier molecular flexibility index (Phi) is 5.82. The smallest absolute Gasteiger partial charge is 0.159 e. The second-order valence-corrected chi connectivity index (χ2v) is 8.30. The summed E-state index contributed by atoms with van der Waals surface area (Å²) in [5, 5.41) is 4.67. The van der Waals surface area contributed by atoms with Gasteiger partial charge in [-0.3, -0.25) is 19.4 Å². The van der Waals surface area contributed by atoms with Crippen molar-refractivity contribution < 1.29 is 4.79 Å². The maximum Gasteiger partial charge on any atom is 0.159 e. The lowest BCUT2D eigenvalue weighted by molar-refractivity contribution is 0.101. The van der Waals surface area contributed by atoms with Crippen LogP contribution in [-0.2, 0) is 13.1 Å². The van der Waals surface area contributed by atoms with E-state index in [0.29, 0.717) is 5.92 Å². The quantitative estimate of drug-likeness (QED) is 0.557. The van der Waals surface area contributed by atoms with E-state index in [0.717, 1.165) is 55.1 Å². The molecule has 5 nitrogen and oxygen atoms in total. The van der Waals surface area contributed by atoms with Crippen molar-refractivity contribution in [2.45, 2.75) is 53.1 Å². The number of carbonyl (C=O) groups is 1. The van der Waals surface area contributed by atoms with Gasteiger partial charge in [0.2, 0.25) is 0 Å². The summed E-state index contributed by atoms with van der Waals surface area (Å²) in [5.41, 5.74) is 7.79. The minimum absolute atomic E-state index is 0.0800. The summed E-state index contributed by atoms with van der Waals surface area (Å²) in [6.07, 6.45) is 3.05. The minimum Gasteiger partial charge on any atom is -0.298 e. The first-order chi connectivity index (χ1) is 14.5. The Morgan fingerprint density at radius 3 is 2.77 bits per heavy atom. The maximum atomic E-state index is 11.7. The second kappa shape index (κ2) is 8.52. The lowest BCUT2D eigenvalue weighted by atomic mass is 9.97. The van der Waals surface area contributed by atoms with Crippen molar-refractivity contribution in [2.75, 3.05) is 13.1 Å². The summed E-state index contributed by atoms with van der Waals surface area (Å²) in [5.74, 6) is 0.584. The molecule has 0 saturated carbocycles. The maximum absolute atomic E-state index is 11.7. The van der Waals surface area contributed by atoms with E-state index in [9.17, 15) is 4.79 Å². The molecule has 3 heterocycles. The van der Waals surface area contributed by atoms with Crippen LogP contribution in [0.2, 0.25) is 0 Å². The predicted molar refractivity (Wildman–Crippen MR) is 120 cm³/mol. The van der Waals surface area contributed by atoms with Gasteiger partial charge in [-0.2, -0.15) is 5.10 Å². The van der Waals surface area contributed by atoms with Gasteiger partial charge in [0.25, 0.3) is 0 Å². The van der Waals surface area contributed by atoms with Crippen LogP contribution >= 0.6 is 0 Å². The van der Waals surface area contributed by atoms with Gasteiger partial charge >= 0.3 is 0 Å². The largest absolute Gasteiger partial charge is 0.298 e. The molecule has 156 valence electrons. The van der Waals surface area contributed by atoms with Crippen LogP contribution in [0.3, 0.4) is 0 Å². The fourth-order valence-corrected chi connectivity index (χ4v) is 4.50. The molecule has 0 radical (unpaired) electrons. The summed E-state index contributed by atoms with van der Waals surface area (Å²) in [7, 11) is 0. The zero-order valence-electron chi connectivity index (χ0n) is 18.4. The SMILES string of the molecule is CCn1nc(C)c(CN2CC[C@@H](c3ccnc(-c4cccc(C(C)=O)c4)c3)C2)c1C. The number of benzene rings is 1. The summed E-state index contributed by atoms with van der Waals surface area (Å²) >= 11 is 0. The van der Waals surface area contributed by atoms with Crippen LogP contribution in [-0.4, -0.2) is 38.5 Å². The first kappa shape index (κ1) is 20.5. The van der Waals surface area contributed by atoms with Crippen molar-refractivity contribution in [3.63, 3.8) is 0 Å². The molecule has 1 aliphatic rings. The zero-order chi connectivity index (χ0) is 21.3. The molecule has 1 aromatic carbocycles. The van der Waals surface area contributed by atoms with Crippen molar-refractivity contribution in [2.24, 2.45) is 0 Å². The standard InChI is InChI=1S/C25H30N4O/c1-5-29-18(3)24(17(2)27-29)16-28-12-10-23(15-28)21-9-11-26-25(14-21)22-8-6-7-20(13-22)19(4)30/h6-9,11,13-14,23H,5,10,12,15-16H2,1-4H3/t23-/m1/s1. The molecule has 0 aliphatic carbocycles. The lowest BCUT2D eigenvalue weighted by Gasteiger charge is -2.17. The van der Waals surface area contributed by atoms with Crippen molar-refractivity contribution >= 4 is 5.78 Å². The normalized spacial score (nSPS) is 16.9. The monoisotopic (exact) mass is 402 g/mol. The lowest BCUT2D eigenvalue weighted by Crippen LogP contribution is -2.20. The summed E-state index contributed by atoms with van der Waals surface area (Å²) in [6.45, 7) is 12.1. The van der Waals surface area contributed by atoms with Crippen molar-refractivity contribution in [3.8, 4) is 11.3 Å². The highest BCUT2D eigenvalue weighted by Crippen LogP contribution is 2.31. The molecule has 1 aliphatic heterocycles. The van der Waals surface area contributed by atoms with Gasteiger partial charge in [-0.05, 0) is 70.3 Å². The van der Waals surface area contributed by atoms with Gasteiger partial charge in [-0.25, -0.2) is 0 Å². The van der Waals surface area contributed by atoms with Gasteiger partial charge in [-0.1, -0.05) is 18.2 Å². The number of rotatable bonds is 6. The van der Waals surface area contributed by atoms with E-state index in [1.54, 1.807) is 6.92 Å². The Morgan fingerprint density at radius 2 is 2.03 bits per heavy atom. The summed E-state index contributed by atoms with van der Waals surface area (Å²) in [6, 6.07) is 12.1. The van der Waals surface area contributed by atoms with Crippen molar-refractivity contribution in [1.29, 1.82) is 0 Å². The Labute approximate surface area is 178 Å². The number of ketones is 1. The number of likely N-dealkylation sites (tertiary alicyclic amines) is 1. The van der Waals surface area contributed by atoms with Crippen LogP contribution < -0.4 is 0 Å². The number of Topliss-reactive ketones (excluding diaryl/α,β-unsaturated/α-hetero) is 1. The van der Waals surface area contributed by atoms with Crippen LogP contribution in [0.1, 0.15) is 59.1 Å². The number of carbonyl (C=O) groups excluding carboxylic acids is 1. The topological polar surface area (TPSA) is 51.0 Å². The van der Waals surface area contributed by atoms with Crippen molar-refractivity contribution in [3.05, 3.63) is 70.7 Å². The average molecular weight is 403 g/mol. The molecule has 0 bridgehead atoms. The number of hydrogen-bond acceptors (Lipinski definition) is 4. The van der Waals surface area contributed by atoms with E-state index in [1.165, 1.54) is 16.8 Å². The molecule has 0 spiro atoms. The molecule has 0 amide bonds. The van der Waals surface area contributed by atoms with Crippen LogP contribution in [0.25, 0.3) is 11.3 Å². The Morgan fingerprint density at radius 1 is 1.20 bits per heavy atom. The van der Waals surface area contributed by atoms with Gasteiger partial charge in [0, 0.05) is 48.2 Å². The summed E-state index contributed by atoms with van der Waals surface area (Å²) < 4.78 is 2.10. The number of nitrogens with zero attached hydrogens (tertiary/aromatic N) is 4. The third kappa shape index (κ3) is 4.08. The van der Waals surface area contributed by atoms with E-state index in [-0.39, 0.29) is 5.78 Å². The fourth-order valence-electron chi connectivity index (χ4n) is 4.50. The Hall–Kier alpha value is -2.79. The van der Waals surface area contributed by atoms with E-state index in [1.807, 2.05) is 30.5 Å². The Balaban J connectivity index is 1.50. The number of aryl methyl sites for hydroxylation is 2. The van der Waals surface area contributed by atoms with Crippen LogP contribution in [0.5, 0.6) is 0 Å². The van der Waals surface area contributed by atoms with Crippen molar-refractivity contribution in [1.82, 2.24) is 19.7 Å². The number of aromatic nitrogens is 3. The zero-order valence-corrected chi connectivity index (χ0v) is 18.4. The molecule has 30 heavy (non-hydrogen) atoms.